The van der Waals surface area contributed by atoms with Crippen molar-refractivity contribution in [3.8, 4) is 11.1 Å². The van der Waals surface area contributed by atoms with E-state index >= 15 is 0 Å². The molecule has 0 unspecified atom stereocenters. The summed E-state index contributed by atoms with van der Waals surface area (Å²) in [5.41, 5.74) is 2.42. The Hall–Kier alpha value is -0.250. The number of hydrogen-bond acceptors (Lipinski definition) is 0. The molecule has 0 radical (unpaired) electrons. The van der Waals surface area contributed by atoms with Crippen LogP contribution >= 0.6 is 35.4 Å². The number of halogens is 3. The van der Waals surface area contributed by atoms with Crippen molar-refractivity contribution in [2.45, 2.75) is 0 Å². The van der Waals surface area contributed by atoms with Gasteiger partial charge in [-0.25, -0.2) is 0 Å². The topological polar surface area (TPSA) is 0 Å². The molecule has 0 aliphatic heterocycles. The van der Waals surface area contributed by atoms with Crippen LogP contribution in [0.15, 0.2) is 54.6 Å². The maximum absolute atomic E-state index is 5.92. The molecule has 0 spiro atoms. The zero-order chi connectivity index (χ0) is 10.7. The standard InChI is InChI=1S/C12H9Cl2I/c13-15(14)12-8-6-11(7-9-12)10-4-2-1-3-5-10/h1-9H. The van der Waals surface area contributed by atoms with Gasteiger partial charge in [0.05, 0.1) is 0 Å². The minimum absolute atomic E-state index is 1.09. The molecule has 0 saturated heterocycles. The third kappa shape index (κ3) is 2.86. The predicted octanol–water partition coefficient (Wildman–Crippen LogP) is 5.34. The van der Waals surface area contributed by atoms with Gasteiger partial charge in [-0.1, -0.05) is 0 Å². The third-order valence-electron chi connectivity index (χ3n) is 2.12. The van der Waals surface area contributed by atoms with Gasteiger partial charge in [-0.05, 0) is 0 Å². The molecule has 0 atom stereocenters. The summed E-state index contributed by atoms with van der Waals surface area (Å²) in [6, 6.07) is 18.4. The molecule has 0 fully saturated rings. The van der Waals surface area contributed by atoms with Gasteiger partial charge in [0.15, 0.2) is 0 Å². The molecule has 0 N–H and O–H groups in total. The Morgan fingerprint density at radius 3 is 1.73 bits per heavy atom. The predicted molar refractivity (Wildman–Crippen MR) is 76.3 cm³/mol. The number of benzene rings is 2. The molecular formula is C12H9Cl2I. The molecular weight excluding hydrogens is 342 g/mol. The Morgan fingerprint density at radius 2 is 1.20 bits per heavy atom. The van der Waals surface area contributed by atoms with Crippen molar-refractivity contribution in [1.29, 1.82) is 0 Å². The quantitative estimate of drug-likeness (QED) is 0.641. The molecule has 0 bridgehead atoms. The van der Waals surface area contributed by atoms with Crippen molar-refractivity contribution in [1.82, 2.24) is 0 Å². The van der Waals surface area contributed by atoms with Crippen LogP contribution in [-0.4, -0.2) is 0 Å². The second-order valence-electron chi connectivity index (χ2n) is 3.07. The van der Waals surface area contributed by atoms with Gasteiger partial charge < -0.3 is 0 Å². The zero-order valence-electron chi connectivity index (χ0n) is 7.83. The Morgan fingerprint density at radius 1 is 0.667 bits per heavy atom. The van der Waals surface area contributed by atoms with Gasteiger partial charge in [0.1, 0.15) is 0 Å². The molecule has 2 rings (SSSR count). The average Bonchev–Trinajstić information content (AvgIpc) is 2.30. The Bertz CT molecular complexity index is 423. The fourth-order valence-electron chi connectivity index (χ4n) is 1.37. The second-order valence-corrected chi connectivity index (χ2v) is 10.3. The fourth-order valence-corrected chi connectivity index (χ4v) is 3.55. The minimum atomic E-state index is -1.86. The van der Waals surface area contributed by atoms with Crippen LogP contribution in [0.1, 0.15) is 0 Å². The van der Waals surface area contributed by atoms with Gasteiger partial charge in [0.2, 0.25) is 0 Å². The van der Waals surface area contributed by atoms with E-state index in [4.69, 9.17) is 17.8 Å². The van der Waals surface area contributed by atoms with Crippen LogP contribution in [0.3, 0.4) is 0 Å². The summed E-state index contributed by atoms with van der Waals surface area (Å²) in [5, 5.41) is 0. The van der Waals surface area contributed by atoms with Gasteiger partial charge in [0.25, 0.3) is 0 Å². The van der Waals surface area contributed by atoms with E-state index in [0.717, 1.165) is 3.57 Å². The summed E-state index contributed by atoms with van der Waals surface area (Å²) < 4.78 is 1.09. The van der Waals surface area contributed by atoms with E-state index in [9.17, 15) is 0 Å². The molecule has 3 heteroatoms. The first-order chi connectivity index (χ1) is 7.27. The first-order valence-electron chi connectivity index (χ1n) is 4.46. The third-order valence-corrected chi connectivity index (χ3v) is 5.99. The van der Waals surface area contributed by atoms with Gasteiger partial charge in [-0.15, -0.1) is 0 Å². The van der Waals surface area contributed by atoms with Crippen LogP contribution in [0.2, 0.25) is 0 Å². The first-order valence-corrected chi connectivity index (χ1v) is 11.0. The van der Waals surface area contributed by atoms with Crippen LogP contribution in [0.4, 0.5) is 0 Å². The monoisotopic (exact) mass is 350 g/mol. The molecule has 0 nitrogen and oxygen atoms in total. The average molecular weight is 351 g/mol. The summed E-state index contributed by atoms with van der Waals surface area (Å²) >= 11 is -1.86. The van der Waals surface area contributed by atoms with E-state index in [0.29, 0.717) is 0 Å². The van der Waals surface area contributed by atoms with E-state index < -0.39 is 17.6 Å². The molecule has 0 aliphatic carbocycles. The van der Waals surface area contributed by atoms with Crippen molar-refractivity contribution in [2.75, 3.05) is 0 Å². The summed E-state index contributed by atoms with van der Waals surface area (Å²) in [7, 11) is 11.8. The van der Waals surface area contributed by atoms with Crippen LogP contribution < -0.4 is 0 Å². The SMILES string of the molecule is ClI(Cl)c1ccc(-c2ccccc2)cc1. The zero-order valence-corrected chi connectivity index (χ0v) is 11.5. The van der Waals surface area contributed by atoms with Crippen LogP contribution in [-0.2, 0) is 0 Å². The number of rotatable bonds is 2. The van der Waals surface area contributed by atoms with Crippen molar-refractivity contribution < 1.29 is 0 Å². The van der Waals surface area contributed by atoms with E-state index in [-0.39, 0.29) is 0 Å². The normalized spacial score (nSPS) is 11.2. The molecule has 0 saturated carbocycles. The van der Waals surface area contributed by atoms with Crippen molar-refractivity contribution in [3.63, 3.8) is 0 Å². The molecule has 2 aromatic rings. The van der Waals surface area contributed by atoms with E-state index in [1.165, 1.54) is 11.1 Å². The van der Waals surface area contributed by atoms with Crippen LogP contribution in [0.5, 0.6) is 0 Å². The second kappa shape index (κ2) is 5.19. The van der Waals surface area contributed by atoms with E-state index in [1.54, 1.807) is 0 Å². The molecule has 15 heavy (non-hydrogen) atoms. The molecule has 0 amide bonds. The molecule has 0 aromatic heterocycles. The number of hydrogen-bond donors (Lipinski definition) is 0. The molecule has 0 aliphatic rings. The van der Waals surface area contributed by atoms with E-state index in [2.05, 4.69) is 24.3 Å². The van der Waals surface area contributed by atoms with Crippen molar-refractivity contribution in [2.24, 2.45) is 0 Å². The van der Waals surface area contributed by atoms with Crippen LogP contribution in [0.25, 0.3) is 11.1 Å². The Balaban J connectivity index is 2.32. The Labute approximate surface area is 104 Å². The maximum atomic E-state index is 5.92. The van der Waals surface area contributed by atoms with Crippen LogP contribution in [0, 0.1) is 3.57 Å². The van der Waals surface area contributed by atoms with Crippen molar-refractivity contribution in [3.05, 3.63) is 58.2 Å². The summed E-state index contributed by atoms with van der Waals surface area (Å²) in [5.74, 6) is 0. The van der Waals surface area contributed by atoms with Gasteiger partial charge in [-0.2, -0.15) is 0 Å². The van der Waals surface area contributed by atoms with Gasteiger partial charge in [-0.3, -0.25) is 0 Å². The van der Waals surface area contributed by atoms with Crippen molar-refractivity contribution >= 4 is 35.4 Å². The molecule has 0 heterocycles. The summed E-state index contributed by atoms with van der Waals surface area (Å²) in [6.45, 7) is 0. The Kier molecular flexibility index (Phi) is 3.89. The van der Waals surface area contributed by atoms with Gasteiger partial charge in [0, 0.05) is 0 Å². The molecule has 78 valence electrons. The van der Waals surface area contributed by atoms with Gasteiger partial charge >= 0.3 is 105 Å². The molecule has 2 aromatic carbocycles. The van der Waals surface area contributed by atoms with E-state index in [1.807, 2.05) is 30.3 Å². The summed E-state index contributed by atoms with van der Waals surface area (Å²) in [4.78, 5) is 0. The first kappa shape index (κ1) is 11.2. The fraction of sp³-hybridized carbons (Fsp3) is 0. The summed E-state index contributed by atoms with van der Waals surface area (Å²) in [6.07, 6.45) is 0.